The van der Waals surface area contributed by atoms with Crippen LogP contribution in [0, 0.1) is 0 Å². The summed E-state index contributed by atoms with van der Waals surface area (Å²) in [5.74, 6) is -0.252. The van der Waals surface area contributed by atoms with Crippen LogP contribution in [0.15, 0.2) is 107 Å². The largest absolute Gasteiger partial charge is 0.363 e. The molecule has 30 heavy (non-hydrogen) atoms. The van der Waals surface area contributed by atoms with Gasteiger partial charge in [0.15, 0.2) is 0 Å². The molecule has 2 aliphatic rings. The molecule has 4 aromatic carbocycles. The molecule has 1 aliphatic carbocycles. The third kappa shape index (κ3) is 1.88. The Morgan fingerprint density at radius 2 is 1.47 bits per heavy atom. The van der Waals surface area contributed by atoms with Crippen LogP contribution in [-0.2, 0) is 11.3 Å². The molecule has 0 aromatic heterocycles. The molecule has 2 unspecified atom stereocenters. The Balaban J connectivity index is 1.68. The lowest BCUT2D eigenvalue weighted by atomic mass is 9.80. The van der Waals surface area contributed by atoms with Crippen LogP contribution in [0.3, 0.4) is 0 Å². The molecule has 0 saturated carbocycles. The van der Waals surface area contributed by atoms with Gasteiger partial charge in [0.05, 0.1) is 5.69 Å². The fraction of sp³-hybridized carbons (Fsp3) is 0.0800. The van der Waals surface area contributed by atoms with Crippen molar-refractivity contribution in [3.8, 4) is 0 Å². The predicted molar refractivity (Wildman–Crippen MR) is 114 cm³/mol. The van der Waals surface area contributed by atoms with Crippen molar-refractivity contribution < 1.29 is 9.90 Å². The van der Waals surface area contributed by atoms with Crippen molar-refractivity contribution in [3.63, 3.8) is 0 Å². The molecule has 1 N–H and O–H groups in total. The van der Waals surface area contributed by atoms with Gasteiger partial charge in [-0.1, -0.05) is 96.2 Å². The van der Waals surface area contributed by atoms with E-state index >= 15 is 0 Å². The van der Waals surface area contributed by atoms with Crippen LogP contribution < -0.4 is 5.01 Å². The molecule has 0 saturated heterocycles. The molecule has 2 atom stereocenters. The van der Waals surface area contributed by atoms with Crippen molar-refractivity contribution in [2.24, 2.45) is 10.3 Å². The van der Waals surface area contributed by atoms with Crippen LogP contribution in [0.5, 0.6) is 0 Å². The quantitative estimate of drug-likeness (QED) is 0.525. The van der Waals surface area contributed by atoms with Gasteiger partial charge in [-0.3, -0.25) is 4.79 Å². The lowest BCUT2D eigenvalue weighted by Gasteiger charge is -2.37. The number of rotatable bonds is 2. The number of ketones is 1. The zero-order valence-corrected chi connectivity index (χ0v) is 15.9. The molecule has 5 nitrogen and oxygen atoms in total. The molecule has 144 valence electrons. The number of aliphatic hydroxyl groups is 1. The van der Waals surface area contributed by atoms with Gasteiger partial charge >= 0.3 is 0 Å². The summed E-state index contributed by atoms with van der Waals surface area (Å²) in [5, 5.41) is 24.7. The highest BCUT2D eigenvalue weighted by Gasteiger charge is 2.71. The van der Waals surface area contributed by atoms with E-state index in [1.54, 1.807) is 18.2 Å². The van der Waals surface area contributed by atoms with E-state index in [0.29, 0.717) is 22.4 Å². The minimum absolute atomic E-state index is 0.252. The number of carbonyl (C=O) groups is 1. The van der Waals surface area contributed by atoms with Gasteiger partial charge in [0.25, 0.3) is 0 Å². The van der Waals surface area contributed by atoms with Gasteiger partial charge in [-0.2, -0.15) is 0 Å². The topological polar surface area (TPSA) is 65.3 Å². The summed E-state index contributed by atoms with van der Waals surface area (Å²) in [5.41, 5.74) is -1.05. The molecule has 6 rings (SSSR count). The molecule has 1 aliphatic heterocycles. The molecule has 0 amide bonds. The van der Waals surface area contributed by atoms with Crippen LogP contribution in [0.1, 0.15) is 21.5 Å². The Kier molecular flexibility index (Phi) is 3.32. The average molecular weight is 391 g/mol. The minimum atomic E-state index is -1.77. The van der Waals surface area contributed by atoms with Gasteiger partial charge in [-0.25, -0.2) is 5.01 Å². The van der Waals surface area contributed by atoms with Gasteiger partial charge in [0, 0.05) is 16.5 Å². The molecule has 5 heteroatoms. The van der Waals surface area contributed by atoms with E-state index < -0.39 is 11.3 Å². The molecule has 0 radical (unpaired) electrons. The van der Waals surface area contributed by atoms with E-state index in [-0.39, 0.29) is 5.78 Å². The molecular weight excluding hydrogens is 374 g/mol. The minimum Gasteiger partial charge on any atom is -0.363 e. The second kappa shape index (κ2) is 5.84. The van der Waals surface area contributed by atoms with Gasteiger partial charge in [0.1, 0.15) is 0 Å². The van der Waals surface area contributed by atoms with Crippen molar-refractivity contribution in [2.75, 3.05) is 5.01 Å². The Hall–Kier alpha value is -3.83. The average Bonchev–Trinajstić information content (AvgIpc) is 3.22. The van der Waals surface area contributed by atoms with E-state index in [0.717, 1.165) is 10.8 Å². The van der Waals surface area contributed by atoms with E-state index in [4.69, 9.17) is 0 Å². The summed E-state index contributed by atoms with van der Waals surface area (Å²) < 4.78 is 0. The molecule has 0 fully saturated rings. The summed E-state index contributed by atoms with van der Waals surface area (Å²) in [4.78, 5) is 13.7. The Morgan fingerprint density at radius 1 is 0.767 bits per heavy atom. The lowest BCUT2D eigenvalue weighted by molar-refractivity contribution is -0.00719. The van der Waals surface area contributed by atoms with E-state index in [1.807, 2.05) is 78.9 Å². The molecule has 0 bridgehead atoms. The summed E-state index contributed by atoms with van der Waals surface area (Å²) >= 11 is 0. The van der Waals surface area contributed by atoms with Crippen molar-refractivity contribution in [1.29, 1.82) is 0 Å². The number of anilines is 1. The van der Waals surface area contributed by atoms with Crippen LogP contribution in [0.25, 0.3) is 10.8 Å². The molecule has 1 heterocycles. The van der Waals surface area contributed by atoms with Gasteiger partial charge in [-0.15, -0.1) is 5.11 Å². The van der Waals surface area contributed by atoms with Gasteiger partial charge in [-0.05, 0) is 17.0 Å². The van der Waals surface area contributed by atoms with Crippen LogP contribution >= 0.6 is 0 Å². The number of Topliss-reactive ketones (excluding diaryl/α,β-unsaturated/α-hetero) is 1. The predicted octanol–water partition coefficient (Wildman–Crippen LogP) is 4.96. The molecular formula is C25H17N3O2. The highest BCUT2D eigenvalue weighted by atomic mass is 16.3. The summed E-state index contributed by atoms with van der Waals surface area (Å²) in [6.45, 7) is 0. The smallest absolute Gasteiger partial charge is 0.226 e. The molecule has 4 aromatic rings. The van der Waals surface area contributed by atoms with Crippen LogP contribution in [-0.4, -0.2) is 10.9 Å². The van der Waals surface area contributed by atoms with Crippen LogP contribution in [0.4, 0.5) is 5.69 Å². The number of carbonyl (C=O) groups excluding carboxylic acids is 1. The number of benzene rings is 4. The third-order valence-electron chi connectivity index (χ3n) is 6.16. The second-order valence-corrected chi connectivity index (χ2v) is 7.62. The number of hydrogen-bond donors (Lipinski definition) is 1. The third-order valence-corrected chi connectivity index (χ3v) is 6.16. The maximum Gasteiger partial charge on any atom is 0.226 e. The van der Waals surface area contributed by atoms with Crippen molar-refractivity contribution in [2.45, 2.75) is 11.3 Å². The number of hydrogen-bond acceptors (Lipinski definition) is 5. The standard InChI is InChI=1S/C25H17N3O2/c29-23-20-14-6-7-15-21(20)25(30)24(23,18-11-2-1-3-12-18)26-27-28(25)22-16-8-10-17-9-4-5-13-19(17)22/h1-16,30H. The first-order valence-electron chi connectivity index (χ1n) is 9.81. The van der Waals surface area contributed by atoms with E-state index in [9.17, 15) is 9.90 Å². The highest BCUT2D eigenvalue weighted by molar-refractivity contribution is 6.11. The zero-order valence-electron chi connectivity index (χ0n) is 15.9. The first-order valence-corrected chi connectivity index (χ1v) is 9.81. The van der Waals surface area contributed by atoms with E-state index in [1.165, 1.54) is 5.01 Å². The summed E-state index contributed by atoms with van der Waals surface area (Å²) in [6.07, 6.45) is 0. The van der Waals surface area contributed by atoms with Gasteiger partial charge in [0.2, 0.25) is 17.0 Å². The monoisotopic (exact) mass is 391 g/mol. The summed E-state index contributed by atoms with van der Waals surface area (Å²) in [6, 6.07) is 30.1. The molecule has 0 spiro atoms. The van der Waals surface area contributed by atoms with Crippen molar-refractivity contribution in [3.05, 3.63) is 114 Å². The SMILES string of the molecule is O=C1c2ccccc2C2(O)N(c3cccc4ccccc34)N=NC12c1ccccc1. The Bertz CT molecular complexity index is 1350. The number of nitrogens with zero attached hydrogens (tertiary/aromatic N) is 3. The normalized spacial score (nSPS) is 24.3. The fourth-order valence-electron chi connectivity index (χ4n) is 4.78. The number of fused-ring (bicyclic) bond motifs is 4. The van der Waals surface area contributed by atoms with Crippen molar-refractivity contribution in [1.82, 2.24) is 0 Å². The first kappa shape index (κ1) is 17.1. The van der Waals surface area contributed by atoms with Gasteiger partial charge < -0.3 is 5.11 Å². The summed E-state index contributed by atoms with van der Waals surface area (Å²) in [7, 11) is 0. The first-order chi connectivity index (χ1) is 14.7. The maximum absolute atomic E-state index is 13.7. The Labute approximate surface area is 172 Å². The van der Waals surface area contributed by atoms with Crippen molar-refractivity contribution >= 4 is 22.2 Å². The fourth-order valence-corrected chi connectivity index (χ4v) is 4.78. The Morgan fingerprint density at radius 3 is 2.33 bits per heavy atom. The maximum atomic E-state index is 13.7. The highest BCUT2D eigenvalue weighted by Crippen LogP contribution is 2.59. The second-order valence-electron chi connectivity index (χ2n) is 7.62. The van der Waals surface area contributed by atoms with E-state index in [2.05, 4.69) is 10.3 Å². The van der Waals surface area contributed by atoms with Crippen LogP contribution in [0.2, 0.25) is 0 Å². The zero-order chi connectivity index (χ0) is 20.3. The lowest BCUT2D eigenvalue weighted by Crippen LogP contribution is -2.53.